The molecule has 0 saturated heterocycles. The zero-order valence-electron chi connectivity index (χ0n) is 19.2. The molecule has 1 aromatic rings. The predicted octanol–water partition coefficient (Wildman–Crippen LogP) is 2.30. The molecule has 8 nitrogen and oxygen atoms in total. The maximum absolute atomic E-state index is 13.5. The predicted molar refractivity (Wildman–Crippen MR) is 124 cm³/mol. The van der Waals surface area contributed by atoms with Crippen LogP contribution in [0.2, 0.25) is 0 Å². The summed E-state index contributed by atoms with van der Waals surface area (Å²) in [4.78, 5) is 0.0388. The highest BCUT2D eigenvalue weighted by molar-refractivity contribution is 7.89. The van der Waals surface area contributed by atoms with E-state index in [1.807, 2.05) is 6.92 Å². The van der Waals surface area contributed by atoms with Gasteiger partial charge in [-0.05, 0) is 55.9 Å². The third-order valence-electron chi connectivity index (χ3n) is 6.33. The molecule has 0 radical (unpaired) electrons. The zero-order chi connectivity index (χ0) is 23.7. The van der Waals surface area contributed by atoms with Gasteiger partial charge in [0, 0.05) is 25.6 Å². The summed E-state index contributed by atoms with van der Waals surface area (Å²) in [7, 11) is -5.87. The fourth-order valence-electron chi connectivity index (χ4n) is 4.13. The molecule has 1 aliphatic carbocycles. The molecule has 1 aromatic carbocycles. The molecule has 0 unspecified atom stereocenters. The Morgan fingerprint density at radius 3 is 2.62 bits per heavy atom. The van der Waals surface area contributed by atoms with Crippen LogP contribution in [0.1, 0.15) is 45.1 Å². The van der Waals surface area contributed by atoms with E-state index in [2.05, 4.69) is 6.08 Å². The van der Waals surface area contributed by atoms with Crippen molar-refractivity contribution in [3.8, 4) is 5.75 Å². The largest absolute Gasteiger partial charge is 0.487 e. The first-order valence-corrected chi connectivity index (χ1v) is 14.3. The number of ether oxygens (including phenoxy) is 1. The molecule has 3 atom stereocenters. The lowest BCUT2D eigenvalue weighted by molar-refractivity contribution is 0.0905. The summed E-state index contributed by atoms with van der Waals surface area (Å²) in [5.74, 6) is -0.0868. The number of benzene rings is 1. The van der Waals surface area contributed by atoms with Crippen LogP contribution in [0, 0.1) is 5.92 Å². The first-order chi connectivity index (χ1) is 14.9. The van der Waals surface area contributed by atoms with E-state index < -0.39 is 32.2 Å². The van der Waals surface area contributed by atoms with E-state index in [9.17, 15) is 21.9 Å². The average Bonchev–Trinajstić information content (AvgIpc) is 2.75. The molecule has 0 bridgehead atoms. The van der Waals surface area contributed by atoms with Gasteiger partial charge in [-0.25, -0.2) is 21.1 Å². The van der Waals surface area contributed by atoms with E-state index in [0.29, 0.717) is 0 Å². The van der Waals surface area contributed by atoms with E-state index >= 15 is 0 Å². The molecule has 1 N–H and O–H groups in total. The van der Waals surface area contributed by atoms with Crippen molar-refractivity contribution >= 4 is 25.6 Å². The molecule has 32 heavy (non-hydrogen) atoms. The highest BCUT2D eigenvalue weighted by Gasteiger charge is 2.38. The van der Waals surface area contributed by atoms with Gasteiger partial charge in [-0.1, -0.05) is 19.1 Å². The number of fused-ring (bicyclic) bond motifs is 1. The first kappa shape index (κ1) is 25.2. The van der Waals surface area contributed by atoms with Crippen molar-refractivity contribution in [2.24, 2.45) is 5.92 Å². The van der Waals surface area contributed by atoms with Crippen LogP contribution in [0.3, 0.4) is 0 Å². The third kappa shape index (κ3) is 5.36. The number of allylic oxidation sites excluding steroid dienone is 2. The lowest BCUT2D eigenvalue weighted by Crippen LogP contribution is -2.50. The number of aliphatic hydroxyl groups excluding tert-OH is 1. The average molecular weight is 487 g/mol. The minimum atomic E-state index is -3.92. The fraction of sp³-hybridized carbons (Fsp3) is 0.636. The summed E-state index contributed by atoms with van der Waals surface area (Å²) in [6.45, 7) is 3.38. The van der Waals surface area contributed by atoms with E-state index in [1.165, 1.54) is 21.2 Å². The quantitative estimate of drug-likeness (QED) is 0.662. The molecule has 3 rings (SSSR count). The van der Waals surface area contributed by atoms with Crippen molar-refractivity contribution in [1.82, 2.24) is 8.61 Å². The van der Waals surface area contributed by atoms with Crippen molar-refractivity contribution in [3.63, 3.8) is 0 Å². The summed E-state index contributed by atoms with van der Waals surface area (Å²) < 4.78 is 59.8. The van der Waals surface area contributed by atoms with Gasteiger partial charge in [-0.2, -0.15) is 4.31 Å². The van der Waals surface area contributed by atoms with E-state index in [4.69, 9.17) is 4.74 Å². The Bertz CT molecular complexity index is 1070. The smallest absolute Gasteiger partial charge is 0.247 e. The van der Waals surface area contributed by atoms with Crippen LogP contribution in [0.5, 0.6) is 5.75 Å². The maximum atomic E-state index is 13.5. The molecule has 1 heterocycles. The van der Waals surface area contributed by atoms with Crippen molar-refractivity contribution in [2.75, 3.05) is 33.0 Å². The van der Waals surface area contributed by atoms with Gasteiger partial charge >= 0.3 is 0 Å². The highest BCUT2D eigenvalue weighted by Crippen LogP contribution is 2.37. The summed E-state index contributed by atoms with van der Waals surface area (Å²) in [5.41, 5.74) is 2.09. The second-order valence-corrected chi connectivity index (χ2v) is 12.9. The van der Waals surface area contributed by atoms with Gasteiger partial charge < -0.3 is 9.84 Å². The van der Waals surface area contributed by atoms with Gasteiger partial charge in [0.15, 0.2) is 0 Å². The molecule has 0 saturated carbocycles. The molecular formula is C22H34N2O6S2. The molecule has 2 aliphatic rings. The Hall–Kier alpha value is -1.46. The van der Waals surface area contributed by atoms with Crippen molar-refractivity contribution in [3.05, 3.63) is 29.8 Å². The molecular weight excluding hydrogens is 452 g/mol. The number of aliphatic hydroxyl groups is 1. The molecule has 0 amide bonds. The minimum Gasteiger partial charge on any atom is -0.487 e. The fourth-order valence-corrected chi connectivity index (χ4v) is 6.38. The molecule has 180 valence electrons. The van der Waals surface area contributed by atoms with Crippen molar-refractivity contribution in [1.29, 1.82) is 0 Å². The van der Waals surface area contributed by atoms with Gasteiger partial charge in [-0.3, -0.25) is 0 Å². The third-order valence-corrected chi connectivity index (χ3v) is 9.63. The number of rotatable bonds is 6. The zero-order valence-corrected chi connectivity index (χ0v) is 20.8. The monoisotopic (exact) mass is 486 g/mol. The maximum Gasteiger partial charge on any atom is 0.247 e. The van der Waals surface area contributed by atoms with Crippen molar-refractivity contribution in [2.45, 2.75) is 56.6 Å². The second kappa shape index (κ2) is 9.80. The lowest BCUT2D eigenvalue weighted by Gasteiger charge is -2.37. The summed E-state index contributed by atoms with van der Waals surface area (Å²) in [5, 5.41) is 9.72. The van der Waals surface area contributed by atoms with E-state index in [-0.39, 0.29) is 36.3 Å². The van der Waals surface area contributed by atoms with Crippen molar-refractivity contribution < 1.29 is 26.7 Å². The normalized spacial score (nSPS) is 25.2. The van der Waals surface area contributed by atoms with Crippen LogP contribution in [0.4, 0.5) is 0 Å². The highest BCUT2D eigenvalue weighted by atomic mass is 32.2. The van der Waals surface area contributed by atoms with E-state index in [1.54, 1.807) is 25.1 Å². The number of hydrogen-bond donors (Lipinski definition) is 1. The van der Waals surface area contributed by atoms with Gasteiger partial charge in [-0.15, -0.1) is 0 Å². The van der Waals surface area contributed by atoms with Crippen LogP contribution in [0.25, 0.3) is 5.57 Å². The number of hydrogen-bond acceptors (Lipinski definition) is 6. The Kier molecular flexibility index (Phi) is 7.71. The number of likely N-dealkylation sites (N-methyl/N-ethyl adjacent to an activating group) is 1. The van der Waals surface area contributed by atoms with Gasteiger partial charge in [0.25, 0.3) is 0 Å². The van der Waals surface area contributed by atoms with Crippen LogP contribution in [-0.2, 0) is 20.0 Å². The minimum absolute atomic E-state index is 0.0388. The number of nitrogens with zero attached hydrogens (tertiary/aromatic N) is 2. The molecule has 0 spiro atoms. The topological polar surface area (TPSA) is 104 Å². The van der Waals surface area contributed by atoms with Gasteiger partial charge in [0.2, 0.25) is 20.0 Å². The molecule has 0 aromatic heterocycles. The lowest BCUT2D eigenvalue weighted by atomic mass is 9.93. The number of sulfonamides is 2. The first-order valence-electron chi connectivity index (χ1n) is 11.0. The van der Waals surface area contributed by atoms with Crippen LogP contribution in [0.15, 0.2) is 29.2 Å². The van der Waals surface area contributed by atoms with Gasteiger partial charge in [0.1, 0.15) is 16.7 Å². The summed E-state index contributed by atoms with van der Waals surface area (Å²) >= 11 is 0. The molecule has 10 heteroatoms. The standard InChI is InChI=1S/C22H34N2O6S2/c1-16-13-24(17(2)15-25)32(28,29)22-11-10-19(18-8-6-5-7-9-18)12-20(22)30-21(16)14-23(3)31(4,26)27/h8,10-12,16-17,21,25H,5-7,9,13-15H2,1-4H3/t16-,17+,21-/m1/s1. The molecule has 0 fully saturated rings. The molecule has 1 aliphatic heterocycles. The van der Waals surface area contributed by atoms with Crippen LogP contribution < -0.4 is 4.74 Å². The Morgan fingerprint density at radius 2 is 2.03 bits per heavy atom. The van der Waals surface area contributed by atoms with E-state index in [0.717, 1.165) is 37.5 Å². The second-order valence-electron chi connectivity index (χ2n) is 8.92. The van der Waals surface area contributed by atoms with Crippen LogP contribution in [-0.4, -0.2) is 75.7 Å². The Balaban J connectivity index is 2.11. The Morgan fingerprint density at radius 1 is 1.31 bits per heavy atom. The SMILES string of the molecule is C[C@@H]1CN([C@@H](C)CO)S(=O)(=O)c2ccc(C3=CCCCC3)cc2O[C@@H]1CN(C)S(C)(=O)=O. The summed E-state index contributed by atoms with van der Waals surface area (Å²) in [6, 6.07) is 4.51. The van der Waals surface area contributed by atoms with Gasteiger partial charge in [0.05, 0.1) is 19.4 Å². The van der Waals surface area contributed by atoms with Crippen LogP contribution >= 0.6 is 0 Å². The summed E-state index contributed by atoms with van der Waals surface area (Å²) in [6.07, 6.45) is 6.90. The Labute approximate surface area is 192 Å².